The van der Waals surface area contributed by atoms with E-state index in [0.29, 0.717) is 5.69 Å². The van der Waals surface area contributed by atoms with Crippen LogP contribution >= 0.6 is 7.83 Å². The minimum Gasteiger partial charge on any atom is -0.281 e. The zero-order valence-corrected chi connectivity index (χ0v) is 6.04. The van der Waals surface area contributed by atoms with Crippen LogP contribution in [0, 0.1) is 0 Å². The van der Waals surface area contributed by atoms with Crippen molar-refractivity contribution < 1.29 is 9.13 Å². The Morgan fingerprint density at radius 3 is 2.20 bits per heavy atom. The van der Waals surface area contributed by atoms with E-state index in [-0.39, 0.29) is 0 Å². The van der Waals surface area contributed by atoms with Crippen molar-refractivity contribution in [3.8, 4) is 0 Å². The fourth-order valence-electron chi connectivity index (χ4n) is 0.618. The fraction of sp³-hybridized carbons (Fsp3) is 0. The Kier molecular flexibility index (Phi) is 2.24. The van der Waals surface area contributed by atoms with Gasteiger partial charge in [-0.15, -0.1) is 0 Å². The van der Waals surface area contributed by atoms with E-state index in [9.17, 15) is 9.13 Å². The van der Waals surface area contributed by atoms with Gasteiger partial charge in [-0.25, -0.2) is 9.13 Å². The number of para-hydroxylation sites is 1. The third kappa shape index (κ3) is 2.03. The van der Waals surface area contributed by atoms with Crippen LogP contribution in [0.4, 0.5) is 5.69 Å². The predicted octanol–water partition coefficient (Wildman–Crippen LogP) is 2.19. The number of rotatable bonds is 2. The average Bonchev–Trinajstić information content (AvgIpc) is 1.88. The summed E-state index contributed by atoms with van der Waals surface area (Å²) in [5.74, 6) is 0. The number of benzene rings is 1. The van der Waals surface area contributed by atoms with Gasteiger partial charge in [-0.3, -0.25) is 5.09 Å². The van der Waals surface area contributed by atoms with Gasteiger partial charge in [-0.2, -0.15) is 0 Å². The van der Waals surface area contributed by atoms with Crippen molar-refractivity contribution in [1.29, 1.82) is 0 Å². The van der Waals surface area contributed by atoms with E-state index < -0.39 is 7.83 Å². The molecule has 0 atom stereocenters. The molecule has 4 heteroatoms. The SMILES string of the molecule is O=P(=O)Nc1ccccc1. The summed E-state index contributed by atoms with van der Waals surface area (Å²) in [5.41, 5.74) is 0.596. The van der Waals surface area contributed by atoms with Crippen LogP contribution in [0.3, 0.4) is 0 Å². The normalized spacial score (nSPS) is 8.80. The van der Waals surface area contributed by atoms with Crippen molar-refractivity contribution in [2.24, 2.45) is 0 Å². The highest BCUT2D eigenvalue weighted by molar-refractivity contribution is 7.32. The van der Waals surface area contributed by atoms with Gasteiger partial charge in [0.25, 0.3) is 0 Å². The second kappa shape index (κ2) is 3.18. The Labute approximate surface area is 58.9 Å². The molecule has 0 aliphatic heterocycles. The highest BCUT2D eigenvalue weighted by Crippen LogP contribution is 2.12. The molecule has 0 aromatic heterocycles. The summed E-state index contributed by atoms with van der Waals surface area (Å²) in [4.78, 5) is 0. The molecule has 0 bridgehead atoms. The maximum absolute atomic E-state index is 10.1. The maximum atomic E-state index is 10.1. The third-order valence-electron chi connectivity index (χ3n) is 0.994. The van der Waals surface area contributed by atoms with E-state index in [1.807, 2.05) is 6.07 Å². The number of nitrogens with one attached hydrogen (secondary N) is 1. The minimum atomic E-state index is -2.53. The van der Waals surface area contributed by atoms with Crippen molar-refractivity contribution in [2.45, 2.75) is 0 Å². The fourth-order valence-corrected chi connectivity index (χ4v) is 0.978. The van der Waals surface area contributed by atoms with Crippen molar-refractivity contribution >= 4 is 13.5 Å². The van der Waals surface area contributed by atoms with Crippen LogP contribution < -0.4 is 5.09 Å². The monoisotopic (exact) mass is 155 g/mol. The van der Waals surface area contributed by atoms with Crippen LogP contribution in [0.5, 0.6) is 0 Å². The Bertz CT molecular complexity index is 260. The quantitative estimate of drug-likeness (QED) is 0.665. The molecule has 3 nitrogen and oxygen atoms in total. The topological polar surface area (TPSA) is 46.2 Å². The van der Waals surface area contributed by atoms with Gasteiger partial charge in [0.05, 0.1) is 0 Å². The zero-order valence-electron chi connectivity index (χ0n) is 5.15. The smallest absolute Gasteiger partial charge is 0.281 e. The molecule has 0 saturated heterocycles. The molecule has 10 heavy (non-hydrogen) atoms. The molecule has 52 valence electrons. The molecule has 1 N–H and O–H groups in total. The summed E-state index contributed by atoms with van der Waals surface area (Å²) in [6, 6.07) is 8.72. The van der Waals surface area contributed by atoms with E-state index in [1.165, 1.54) is 0 Å². The van der Waals surface area contributed by atoms with Crippen LogP contribution in [0.25, 0.3) is 0 Å². The summed E-state index contributed by atoms with van der Waals surface area (Å²) in [6.45, 7) is 0. The highest BCUT2D eigenvalue weighted by atomic mass is 31.1. The van der Waals surface area contributed by atoms with Gasteiger partial charge in [-0.1, -0.05) is 18.2 Å². The lowest BCUT2D eigenvalue weighted by molar-refractivity contribution is 0.519. The van der Waals surface area contributed by atoms with Crippen LogP contribution in [0.1, 0.15) is 0 Å². The lowest BCUT2D eigenvalue weighted by atomic mass is 10.3. The van der Waals surface area contributed by atoms with Gasteiger partial charge in [0.15, 0.2) is 0 Å². The van der Waals surface area contributed by atoms with Crippen molar-refractivity contribution in [3.63, 3.8) is 0 Å². The second-order valence-corrected chi connectivity index (χ2v) is 2.47. The van der Waals surface area contributed by atoms with Crippen molar-refractivity contribution in [3.05, 3.63) is 30.3 Å². The van der Waals surface area contributed by atoms with Gasteiger partial charge in [-0.05, 0) is 12.1 Å². The molecule has 0 saturated carbocycles. The molecule has 0 spiro atoms. The molecule has 0 aliphatic rings. The maximum Gasteiger partial charge on any atom is 0.424 e. The standard InChI is InChI=1S/C6H6NO2P/c8-10(9)7-6-4-2-1-3-5-6/h1-5H,(H,7,8,9). The highest BCUT2D eigenvalue weighted by Gasteiger charge is 1.89. The summed E-state index contributed by atoms with van der Waals surface area (Å²) >= 11 is 0. The summed E-state index contributed by atoms with van der Waals surface area (Å²) in [7, 11) is -2.53. The molecular weight excluding hydrogens is 149 g/mol. The first-order chi connectivity index (χ1) is 4.79. The average molecular weight is 155 g/mol. The van der Waals surface area contributed by atoms with E-state index in [2.05, 4.69) is 5.09 Å². The van der Waals surface area contributed by atoms with Crippen LogP contribution in [-0.4, -0.2) is 0 Å². The molecular formula is C6H6NO2P. The summed E-state index contributed by atoms with van der Waals surface area (Å²) in [5, 5.41) is 2.26. The van der Waals surface area contributed by atoms with Gasteiger partial charge in [0, 0.05) is 5.69 Å². The lowest BCUT2D eigenvalue weighted by Crippen LogP contribution is -1.78. The van der Waals surface area contributed by atoms with Gasteiger partial charge < -0.3 is 0 Å². The molecule has 0 unspecified atom stereocenters. The molecule has 1 rings (SSSR count). The molecule has 0 aliphatic carbocycles. The van der Waals surface area contributed by atoms with E-state index in [0.717, 1.165) is 0 Å². The third-order valence-corrected chi connectivity index (χ3v) is 1.43. The minimum absolute atomic E-state index is 0.596. The lowest BCUT2D eigenvalue weighted by Gasteiger charge is -1.92. The Balaban J connectivity index is 2.77. The molecule has 1 aromatic rings. The van der Waals surface area contributed by atoms with Crippen LogP contribution in [0.2, 0.25) is 0 Å². The first-order valence-electron chi connectivity index (χ1n) is 2.75. The molecule has 0 amide bonds. The Morgan fingerprint density at radius 1 is 1.10 bits per heavy atom. The molecule has 1 aromatic carbocycles. The van der Waals surface area contributed by atoms with Gasteiger partial charge in [0.2, 0.25) is 0 Å². The molecule has 0 radical (unpaired) electrons. The summed E-state index contributed by atoms with van der Waals surface area (Å²) in [6.07, 6.45) is 0. The van der Waals surface area contributed by atoms with E-state index in [1.54, 1.807) is 24.3 Å². The van der Waals surface area contributed by atoms with E-state index >= 15 is 0 Å². The zero-order chi connectivity index (χ0) is 7.40. The number of hydrogen-bond acceptors (Lipinski definition) is 2. The van der Waals surface area contributed by atoms with E-state index in [4.69, 9.17) is 0 Å². The number of hydrogen-bond donors (Lipinski definition) is 1. The first kappa shape index (κ1) is 7.03. The predicted molar refractivity (Wildman–Crippen MR) is 38.4 cm³/mol. The Hall–Kier alpha value is -1.08. The van der Waals surface area contributed by atoms with Gasteiger partial charge >= 0.3 is 7.83 Å². The summed E-state index contributed by atoms with van der Waals surface area (Å²) < 4.78 is 20.2. The first-order valence-corrected chi connectivity index (χ1v) is 3.93. The molecule has 0 fully saturated rings. The molecule has 0 heterocycles. The van der Waals surface area contributed by atoms with Crippen LogP contribution in [0.15, 0.2) is 30.3 Å². The second-order valence-electron chi connectivity index (χ2n) is 1.73. The van der Waals surface area contributed by atoms with Crippen molar-refractivity contribution in [1.82, 2.24) is 0 Å². The van der Waals surface area contributed by atoms with Crippen molar-refractivity contribution in [2.75, 3.05) is 5.09 Å². The largest absolute Gasteiger partial charge is 0.424 e. The van der Waals surface area contributed by atoms with Crippen LogP contribution in [-0.2, 0) is 9.13 Å². The Morgan fingerprint density at radius 2 is 1.70 bits per heavy atom. The number of anilines is 1. The van der Waals surface area contributed by atoms with Gasteiger partial charge in [0.1, 0.15) is 0 Å².